The van der Waals surface area contributed by atoms with Gasteiger partial charge in [-0.25, -0.2) is 4.39 Å². The minimum absolute atomic E-state index is 0.164. The molecule has 0 bridgehead atoms. The van der Waals surface area contributed by atoms with Crippen LogP contribution in [0.2, 0.25) is 0 Å². The summed E-state index contributed by atoms with van der Waals surface area (Å²) in [5, 5.41) is 6.68. The van der Waals surface area contributed by atoms with E-state index in [2.05, 4.69) is 15.5 Å². The van der Waals surface area contributed by atoms with E-state index >= 15 is 0 Å². The van der Waals surface area contributed by atoms with Gasteiger partial charge in [-0.15, -0.1) is 0 Å². The third-order valence-corrected chi connectivity index (χ3v) is 3.62. The second kappa shape index (κ2) is 7.90. The van der Waals surface area contributed by atoms with Crippen molar-refractivity contribution in [3.8, 4) is 5.75 Å². The van der Waals surface area contributed by atoms with Gasteiger partial charge in [-0.3, -0.25) is 4.79 Å². The van der Waals surface area contributed by atoms with Crippen LogP contribution in [-0.2, 0) is 11.2 Å². The molecule has 1 aromatic carbocycles. The van der Waals surface area contributed by atoms with Crippen molar-refractivity contribution in [2.45, 2.75) is 45.6 Å². The molecule has 1 atom stereocenters. The normalized spacial score (nSPS) is 12.2. The highest BCUT2D eigenvalue weighted by molar-refractivity contribution is 5.76. The third kappa shape index (κ3) is 4.53. The molecule has 0 saturated carbocycles. The Labute approximate surface area is 140 Å². The topological polar surface area (TPSA) is 77.2 Å². The molecule has 0 spiro atoms. The second-order valence-corrected chi connectivity index (χ2v) is 5.88. The molecule has 1 N–H and O–H groups in total. The summed E-state index contributed by atoms with van der Waals surface area (Å²) in [6, 6.07) is 4.31. The van der Waals surface area contributed by atoms with Crippen LogP contribution in [0.25, 0.3) is 0 Å². The number of methoxy groups -OCH3 is 1. The highest BCUT2D eigenvalue weighted by Crippen LogP contribution is 2.21. The third-order valence-electron chi connectivity index (χ3n) is 3.62. The number of nitrogens with zero attached hydrogens (tertiary/aromatic N) is 2. The summed E-state index contributed by atoms with van der Waals surface area (Å²) < 4.78 is 23.7. The lowest BCUT2D eigenvalue weighted by Gasteiger charge is -2.15. The molecule has 0 aliphatic rings. The zero-order valence-corrected chi connectivity index (χ0v) is 14.3. The van der Waals surface area contributed by atoms with Crippen molar-refractivity contribution in [3.63, 3.8) is 0 Å². The SMILES string of the molecule is COc1ccc(C(C)NC(=O)CCc2nc(C(C)C)no2)cc1F. The lowest BCUT2D eigenvalue weighted by molar-refractivity contribution is -0.121. The number of hydrogen-bond donors (Lipinski definition) is 1. The van der Waals surface area contributed by atoms with Crippen LogP contribution in [0.5, 0.6) is 5.75 Å². The molecule has 1 amide bonds. The molecule has 1 unspecified atom stereocenters. The first-order valence-corrected chi connectivity index (χ1v) is 7.86. The molecule has 24 heavy (non-hydrogen) atoms. The fourth-order valence-corrected chi connectivity index (χ4v) is 2.17. The largest absolute Gasteiger partial charge is 0.494 e. The van der Waals surface area contributed by atoms with Crippen LogP contribution in [0, 0.1) is 5.82 Å². The summed E-state index contributed by atoms with van der Waals surface area (Å²) in [5.41, 5.74) is 0.668. The van der Waals surface area contributed by atoms with Gasteiger partial charge in [0.15, 0.2) is 17.4 Å². The minimum atomic E-state index is -0.455. The quantitative estimate of drug-likeness (QED) is 0.841. The zero-order chi connectivity index (χ0) is 17.7. The Morgan fingerprint density at radius 1 is 1.38 bits per heavy atom. The van der Waals surface area contributed by atoms with Gasteiger partial charge in [0.05, 0.1) is 13.2 Å². The number of carbonyl (C=O) groups excluding carboxylic acids is 1. The summed E-state index contributed by atoms with van der Waals surface area (Å²) in [4.78, 5) is 16.3. The lowest BCUT2D eigenvalue weighted by Crippen LogP contribution is -2.26. The van der Waals surface area contributed by atoms with Crippen LogP contribution in [-0.4, -0.2) is 23.2 Å². The molecule has 0 radical (unpaired) electrons. The molecule has 2 aromatic rings. The number of aromatic nitrogens is 2. The Morgan fingerprint density at radius 3 is 2.71 bits per heavy atom. The minimum Gasteiger partial charge on any atom is -0.494 e. The molecule has 0 fully saturated rings. The molecule has 2 rings (SSSR count). The van der Waals surface area contributed by atoms with Gasteiger partial charge in [0.2, 0.25) is 11.8 Å². The van der Waals surface area contributed by atoms with Crippen molar-refractivity contribution >= 4 is 5.91 Å². The van der Waals surface area contributed by atoms with Crippen molar-refractivity contribution < 1.29 is 18.4 Å². The van der Waals surface area contributed by atoms with E-state index in [1.165, 1.54) is 13.2 Å². The summed E-state index contributed by atoms with van der Waals surface area (Å²) in [5.74, 6) is 0.812. The van der Waals surface area contributed by atoms with Crippen LogP contribution < -0.4 is 10.1 Å². The van der Waals surface area contributed by atoms with E-state index in [1.807, 2.05) is 13.8 Å². The Bertz CT molecular complexity index is 700. The van der Waals surface area contributed by atoms with E-state index in [0.29, 0.717) is 23.7 Å². The number of aryl methyl sites for hydroxylation is 1. The molecule has 7 heteroatoms. The summed E-state index contributed by atoms with van der Waals surface area (Å²) in [6.45, 7) is 5.73. The summed E-state index contributed by atoms with van der Waals surface area (Å²) in [7, 11) is 1.41. The summed E-state index contributed by atoms with van der Waals surface area (Å²) >= 11 is 0. The van der Waals surface area contributed by atoms with Crippen LogP contribution in [0.1, 0.15) is 56.4 Å². The molecule has 1 heterocycles. The molecule has 1 aromatic heterocycles. The number of hydrogen-bond acceptors (Lipinski definition) is 5. The highest BCUT2D eigenvalue weighted by atomic mass is 19.1. The molecule has 0 aliphatic carbocycles. The van der Waals surface area contributed by atoms with E-state index in [4.69, 9.17) is 9.26 Å². The average molecular weight is 335 g/mol. The van der Waals surface area contributed by atoms with E-state index in [9.17, 15) is 9.18 Å². The van der Waals surface area contributed by atoms with Crippen LogP contribution >= 0.6 is 0 Å². The van der Waals surface area contributed by atoms with Gasteiger partial charge in [0.1, 0.15) is 0 Å². The fraction of sp³-hybridized carbons (Fsp3) is 0.471. The van der Waals surface area contributed by atoms with Crippen LogP contribution in [0.4, 0.5) is 4.39 Å². The average Bonchev–Trinajstić information content (AvgIpc) is 3.02. The van der Waals surface area contributed by atoms with E-state index in [-0.39, 0.29) is 30.0 Å². The van der Waals surface area contributed by atoms with Crippen molar-refractivity contribution in [3.05, 3.63) is 41.3 Å². The molecule has 6 nitrogen and oxygen atoms in total. The van der Waals surface area contributed by atoms with E-state index < -0.39 is 5.82 Å². The van der Waals surface area contributed by atoms with Crippen LogP contribution in [0.3, 0.4) is 0 Å². The molecular formula is C17H22FN3O3. The van der Waals surface area contributed by atoms with Crippen molar-refractivity contribution in [1.29, 1.82) is 0 Å². The van der Waals surface area contributed by atoms with Gasteiger partial charge < -0.3 is 14.6 Å². The van der Waals surface area contributed by atoms with Gasteiger partial charge >= 0.3 is 0 Å². The first-order chi connectivity index (χ1) is 11.4. The molecule has 0 saturated heterocycles. The second-order valence-electron chi connectivity index (χ2n) is 5.88. The predicted octanol–water partition coefficient (Wildman–Crippen LogP) is 3.15. The van der Waals surface area contributed by atoms with Gasteiger partial charge in [-0.2, -0.15) is 4.98 Å². The number of carbonyl (C=O) groups is 1. The predicted molar refractivity (Wildman–Crippen MR) is 86.2 cm³/mol. The monoisotopic (exact) mass is 335 g/mol. The zero-order valence-electron chi connectivity index (χ0n) is 14.3. The first kappa shape index (κ1) is 17.9. The maximum Gasteiger partial charge on any atom is 0.227 e. The van der Waals surface area contributed by atoms with E-state index in [0.717, 1.165) is 0 Å². The fourth-order valence-electron chi connectivity index (χ4n) is 2.17. The smallest absolute Gasteiger partial charge is 0.227 e. The van der Waals surface area contributed by atoms with Gasteiger partial charge in [-0.05, 0) is 24.6 Å². The Morgan fingerprint density at radius 2 is 2.12 bits per heavy atom. The van der Waals surface area contributed by atoms with E-state index in [1.54, 1.807) is 19.1 Å². The van der Waals surface area contributed by atoms with Crippen molar-refractivity contribution in [2.75, 3.05) is 7.11 Å². The number of benzene rings is 1. The number of rotatable bonds is 7. The molecular weight excluding hydrogens is 313 g/mol. The Balaban J connectivity index is 1.88. The lowest BCUT2D eigenvalue weighted by atomic mass is 10.1. The van der Waals surface area contributed by atoms with Crippen molar-refractivity contribution in [2.24, 2.45) is 0 Å². The van der Waals surface area contributed by atoms with Crippen molar-refractivity contribution in [1.82, 2.24) is 15.5 Å². The summed E-state index contributed by atoms with van der Waals surface area (Å²) in [6.07, 6.45) is 0.595. The molecule has 130 valence electrons. The van der Waals surface area contributed by atoms with Gasteiger partial charge in [0, 0.05) is 18.8 Å². The highest BCUT2D eigenvalue weighted by Gasteiger charge is 2.14. The number of ether oxygens (including phenoxy) is 1. The standard InChI is InChI=1S/C17H22FN3O3/c1-10(2)17-20-16(24-21-17)8-7-15(22)19-11(3)12-5-6-14(23-4)13(18)9-12/h5-6,9-11H,7-8H2,1-4H3,(H,19,22). The maximum atomic E-state index is 13.7. The van der Waals surface area contributed by atoms with Crippen LogP contribution in [0.15, 0.2) is 22.7 Å². The molecule has 0 aliphatic heterocycles. The Hall–Kier alpha value is -2.44. The number of nitrogens with one attached hydrogen (secondary N) is 1. The van der Waals surface area contributed by atoms with Gasteiger partial charge in [-0.1, -0.05) is 25.1 Å². The first-order valence-electron chi connectivity index (χ1n) is 7.86. The maximum absolute atomic E-state index is 13.7. The van der Waals surface area contributed by atoms with Gasteiger partial charge in [0.25, 0.3) is 0 Å². The Kier molecular flexibility index (Phi) is 5.89. The number of amides is 1. The number of halogens is 1.